The summed E-state index contributed by atoms with van der Waals surface area (Å²) in [6, 6.07) is 5.46. The third-order valence-electron chi connectivity index (χ3n) is 4.10. The quantitative estimate of drug-likeness (QED) is 0.483. The maximum Gasteiger partial charge on any atom is 0.433 e. The van der Waals surface area contributed by atoms with Crippen LogP contribution in [0.25, 0.3) is 11.3 Å². The van der Waals surface area contributed by atoms with Gasteiger partial charge in [0.1, 0.15) is 24.2 Å². The van der Waals surface area contributed by atoms with Gasteiger partial charge in [0, 0.05) is 29.0 Å². The molecule has 4 heterocycles. The first kappa shape index (κ1) is 18.7. The van der Waals surface area contributed by atoms with Crippen LogP contribution in [0.1, 0.15) is 5.69 Å². The van der Waals surface area contributed by atoms with Crippen LogP contribution in [-0.2, 0) is 12.7 Å². The molecule has 0 bridgehead atoms. The summed E-state index contributed by atoms with van der Waals surface area (Å²) < 4.78 is 50.6. The molecule has 0 saturated carbocycles. The Kier molecular flexibility index (Phi) is 4.53. The van der Waals surface area contributed by atoms with Crippen LogP contribution in [0, 0.1) is 10.1 Å². The van der Waals surface area contributed by atoms with E-state index in [0.29, 0.717) is 17.0 Å². The second kappa shape index (κ2) is 7.04. The number of nitro groups is 1. The summed E-state index contributed by atoms with van der Waals surface area (Å²) in [5.41, 5.74) is -0.200. The molecule has 0 aliphatic carbocycles. The number of aromatic nitrogens is 4. The van der Waals surface area contributed by atoms with E-state index in [1.54, 1.807) is 12.1 Å². The number of pyridine rings is 2. The highest BCUT2D eigenvalue weighted by atomic mass is 19.4. The summed E-state index contributed by atoms with van der Waals surface area (Å²) >= 11 is 0. The first-order valence-corrected chi connectivity index (χ1v) is 8.30. The molecule has 0 aromatic carbocycles. The van der Waals surface area contributed by atoms with Crippen molar-refractivity contribution in [3.8, 4) is 23.0 Å². The number of hydrogen-bond donors (Lipinski definition) is 0. The molecule has 0 fully saturated rings. The lowest BCUT2D eigenvalue weighted by Gasteiger charge is -2.23. The van der Waals surface area contributed by atoms with Gasteiger partial charge in [0.25, 0.3) is 0 Å². The molecule has 0 saturated heterocycles. The number of alkyl halides is 3. The van der Waals surface area contributed by atoms with Crippen molar-refractivity contribution in [2.45, 2.75) is 18.8 Å². The molecule has 3 aromatic rings. The van der Waals surface area contributed by atoms with Crippen molar-refractivity contribution in [2.75, 3.05) is 6.61 Å². The molecule has 4 rings (SSSR count). The summed E-state index contributed by atoms with van der Waals surface area (Å²) in [7, 11) is 0. The normalized spacial score (nSPS) is 16.0. The number of imidazole rings is 1. The summed E-state index contributed by atoms with van der Waals surface area (Å²) in [5, 5.41) is 10.8. The van der Waals surface area contributed by atoms with Crippen molar-refractivity contribution in [1.29, 1.82) is 0 Å². The van der Waals surface area contributed by atoms with E-state index < -0.39 is 22.9 Å². The van der Waals surface area contributed by atoms with Gasteiger partial charge in [0.2, 0.25) is 0 Å². The van der Waals surface area contributed by atoms with Gasteiger partial charge in [-0.2, -0.15) is 13.2 Å². The molecule has 1 aliphatic rings. The molecular weight excluding hydrogens is 395 g/mol. The molecule has 9 nitrogen and oxygen atoms in total. The van der Waals surface area contributed by atoms with Gasteiger partial charge in [0.05, 0.1) is 12.2 Å². The van der Waals surface area contributed by atoms with Gasteiger partial charge in [-0.15, -0.1) is 0 Å². The van der Waals surface area contributed by atoms with Gasteiger partial charge in [-0.1, -0.05) is 0 Å². The minimum absolute atomic E-state index is 0.133. The monoisotopic (exact) mass is 407 g/mol. The van der Waals surface area contributed by atoms with Crippen molar-refractivity contribution in [3.63, 3.8) is 0 Å². The molecule has 0 radical (unpaired) electrons. The summed E-state index contributed by atoms with van der Waals surface area (Å²) in [4.78, 5) is 21.5. The van der Waals surface area contributed by atoms with Crippen molar-refractivity contribution < 1.29 is 27.6 Å². The molecule has 150 valence electrons. The molecule has 0 amide bonds. The Bertz CT molecular complexity index is 1050. The standard InChI is InChI=1S/C17H12F3N5O4/c18-17(19,20)14-2-1-10(6-22-14)13-5-11(3-4-21-13)29-12-7-24-8-15(25(26)27)23-16(24)28-9-12/h1-6,8,12H,7,9H2/t12-/m0/s1. The Morgan fingerprint density at radius 2 is 2.10 bits per heavy atom. The lowest BCUT2D eigenvalue weighted by Crippen LogP contribution is -2.34. The SMILES string of the molecule is O=[N+]([O-])c1cn2c(n1)OC[C@@H](Oc1ccnc(-c3ccc(C(F)(F)F)nc3)c1)C2. The van der Waals surface area contributed by atoms with E-state index in [-0.39, 0.29) is 25.0 Å². The minimum Gasteiger partial charge on any atom is -0.485 e. The highest BCUT2D eigenvalue weighted by Crippen LogP contribution is 2.29. The summed E-state index contributed by atoms with van der Waals surface area (Å²) in [6.07, 6.45) is -1.15. The van der Waals surface area contributed by atoms with Crippen molar-refractivity contribution in [2.24, 2.45) is 0 Å². The van der Waals surface area contributed by atoms with Crippen LogP contribution >= 0.6 is 0 Å². The molecule has 0 spiro atoms. The minimum atomic E-state index is -4.51. The van der Waals surface area contributed by atoms with E-state index in [2.05, 4.69) is 15.0 Å². The van der Waals surface area contributed by atoms with E-state index in [0.717, 1.165) is 12.3 Å². The fourth-order valence-corrected chi connectivity index (χ4v) is 2.78. The van der Waals surface area contributed by atoms with Gasteiger partial charge in [-0.3, -0.25) is 14.5 Å². The molecule has 1 aliphatic heterocycles. The first-order chi connectivity index (χ1) is 13.8. The second-order valence-electron chi connectivity index (χ2n) is 6.15. The van der Waals surface area contributed by atoms with Crippen LogP contribution in [0.2, 0.25) is 0 Å². The second-order valence-corrected chi connectivity index (χ2v) is 6.15. The Morgan fingerprint density at radius 3 is 2.79 bits per heavy atom. The maximum absolute atomic E-state index is 12.6. The number of ether oxygens (including phenoxy) is 2. The van der Waals surface area contributed by atoms with E-state index >= 15 is 0 Å². The summed E-state index contributed by atoms with van der Waals surface area (Å²) in [5.74, 6) is 0.100. The van der Waals surface area contributed by atoms with Crippen LogP contribution in [0.4, 0.5) is 19.0 Å². The van der Waals surface area contributed by atoms with Crippen LogP contribution in [0.15, 0.2) is 42.9 Å². The molecule has 29 heavy (non-hydrogen) atoms. The average molecular weight is 407 g/mol. The number of hydrogen-bond acceptors (Lipinski definition) is 7. The Morgan fingerprint density at radius 1 is 1.28 bits per heavy atom. The van der Waals surface area contributed by atoms with Gasteiger partial charge in [-0.05, 0) is 23.1 Å². The number of halogens is 3. The fourth-order valence-electron chi connectivity index (χ4n) is 2.78. The smallest absolute Gasteiger partial charge is 0.433 e. The number of nitrogens with zero attached hydrogens (tertiary/aromatic N) is 5. The van der Waals surface area contributed by atoms with Crippen LogP contribution < -0.4 is 9.47 Å². The highest BCUT2D eigenvalue weighted by molar-refractivity contribution is 5.59. The lowest BCUT2D eigenvalue weighted by atomic mass is 10.1. The van der Waals surface area contributed by atoms with Gasteiger partial charge in [-0.25, -0.2) is 0 Å². The highest BCUT2D eigenvalue weighted by Gasteiger charge is 2.32. The molecule has 0 unspecified atom stereocenters. The zero-order chi connectivity index (χ0) is 20.6. The Labute approximate surface area is 160 Å². The van der Waals surface area contributed by atoms with Gasteiger partial charge in [0.15, 0.2) is 6.10 Å². The molecule has 3 aromatic heterocycles. The predicted molar refractivity (Wildman–Crippen MR) is 91.3 cm³/mol. The zero-order valence-corrected chi connectivity index (χ0v) is 14.5. The largest absolute Gasteiger partial charge is 0.485 e. The van der Waals surface area contributed by atoms with Crippen molar-refractivity contribution in [3.05, 3.63) is 58.7 Å². The van der Waals surface area contributed by atoms with Crippen molar-refractivity contribution in [1.82, 2.24) is 19.5 Å². The van der Waals surface area contributed by atoms with E-state index in [1.807, 2.05) is 0 Å². The molecular formula is C17H12F3N5O4. The van der Waals surface area contributed by atoms with Crippen molar-refractivity contribution >= 4 is 5.82 Å². The van der Waals surface area contributed by atoms with E-state index in [9.17, 15) is 23.3 Å². The van der Waals surface area contributed by atoms with Gasteiger partial charge >= 0.3 is 18.0 Å². The Hall–Kier alpha value is -3.70. The van der Waals surface area contributed by atoms with Crippen LogP contribution in [0.5, 0.6) is 11.8 Å². The first-order valence-electron chi connectivity index (χ1n) is 8.30. The lowest BCUT2D eigenvalue weighted by molar-refractivity contribution is -0.389. The number of fused-ring (bicyclic) bond motifs is 1. The number of rotatable bonds is 4. The third-order valence-corrected chi connectivity index (χ3v) is 4.10. The van der Waals surface area contributed by atoms with E-state index in [4.69, 9.17) is 9.47 Å². The Balaban J connectivity index is 1.49. The zero-order valence-electron chi connectivity index (χ0n) is 14.5. The van der Waals surface area contributed by atoms with Crippen LogP contribution in [-0.4, -0.2) is 37.2 Å². The third kappa shape index (κ3) is 3.95. The molecule has 0 N–H and O–H groups in total. The molecule has 12 heteroatoms. The van der Waals surface area contributed by atoms with Gasteiger partial charge < -0.3 is 19.6 Å². The molecule has 1 atom stereocenters. The maximum atomic E-state index is 12.6. The predicted octanol–water partition coefficient (Wildman–Crippen LogP) is 3.11. The van der Waals surface area contributed by atoms with Crippen LogP contribution in [0.3, 0.4) is 0 Å². The fraction of sp³-hybridized carbons (Fsp3) is 0.235. The average Bonchev–Trinajstić information content (AvgIpc) is 3.11. The van der Waals surface area contributed by atoms with E-state index in [1.165, 1.54) is 23.0 Å². The summed E-state index contributed by atoms with van der Waals surface area (Å²) in [6.45, 7) is 0.420. The topological polar surface area (TPSA) is 105 Å².